The van der Waals surface area contributed by atoms with E-state index in [0.717, 1.165) is 5.56 Å². The Hall–Kier alpha value is -3.14. The third-order valence-electron chi connectivity index (χ3n) is 3.96. The fourth-order valence-electron chi connectivity index (χ4n) is 2.78. The van der Waals surface area contributed by atoms with Crippen molar-refractivity contribution in [2.24, 2.45) is 0 Å². The summed E-state index contributed by atoms with van der Waals surface area (Å²) in [6.45, 7) is 0. The number of carbonyl (C=O) groups excluding carboxylic acids is 2. The van der Waals surface area contributed by atoms with Crippen LogP contribution in [0.15, 0.2) is 59.0 Å². The first kappa shape index (κ1) is 13.5. The Labute approximate surface area is 132 Å². The molecule has 4 heteroatoms. The van der Waals surface area contributed by atoms with Crippen molar-refractivity contribution >= 4 is 11.6 Å². The van der Waals surface area contributed by atoms with Crippen LogP contribution in [0.25, 0.3) is 11.3 Å². The highest BCUT2D eigenvalue weighted by Gasteiger charge is 2.34. The summed E-state index contributed by atoms with van der Waals surface area (Å²) in [5, 5.41) is 0. The molecule has 112 valence electrons. The van der Waals surface area contributed by atoms with Crippen LogP contribution in [-0.4, -0.2) is 18.7 Å². The lowest BCUT2D eigenvalue weighted by Crippen LogP contribution is -2.19. The Morgan fingerprint density at radius 2 is 1.61 bits per heavy atom. The van der Waals surface area contributed by atoms with Gasteiger partial charge in [-0.1, -0.05) is 30.3 Å². The highest BCUT2D eigenvalue weighted by molar-refractivity contribution is 6.27. The van der Waals surface area contributed by atoms with Gasteiger partial charge >= 0.3 is 0 Å². The van der Waals surface area contributed by atoms with Crippen molar-refractivity contribution in [3.05, 3.63) is 77.0 Å². The highest BCUT2D eigenvalue weighted by atomic mass is 16.5. The average Bonchev–Trinajstić information content (AvgIpc) is 3.06. The Morgan fingerprint density at radius 1 is 0.826 bits per heavy atom. The minimum absolute atomic E-state index is 0.103. The van der Waals surface area contributed by atoms with Gasteiger partial charge in [-0.15, -0.1) is 0 Å². The first-order valence-electron chi connectivity index (χ1n) is 7.15. The molecule has 1 heterocycles. The van der Waals surface area contributed by atoms with Crippen LogP contribution in [0.5, 0.6) is 5.75 Å². The molecule has 0 fully saturated rings. The van der Waals surface area contributed by atoms with E-state index >= 15 is 0 Å². The molecule has 2 aromatic carbocycles. The van der Waals surface area contributed by atoms with E-state index in [1.807, 2.05) is 30.3 Å². The van der Waals surface area contributed by atoms with Crippen molar-refractivity contribution in [1.82, 2.24) is 0 Å². The highest BCUT2D eigenvalue weighted by Crippen LogP contribution is 2.34. The van der Waals surface area contributed by atoms with Crippen molar-refractivity contribution in [2.45, 2.75) is 0 Å². The van der Waals surface area contributed by atoms with Crippen LogP contribution in [0.3, 0.4) is 0 Å². The number of rotatable bonds is 2. The maximum Gasteiger partial charge on any atom is 0.229 e. The number of benzene rings is 2. The quantitative estimate of drug-likeness (QED) is 0.566. The maximum atomic E-state index is 12.7. The van der Waals surface area contributed by atoms with Crippen LogP contribution >= 0.6 is 0 Å². The zero-order valence-corrected chi connectivity index (χ0v) is 12.3. The van der Waals surface area contributed by atoms with Gasteiger partial charge in [0.05, 0.1) is 12.7 Å². The number of carbonyl (C=O) groups is 2. The van der Waals surface area contributed by atoms with Crippen LogP contribution in [-0.2, 0) is 0 Å². The molecule has 1 aliphatic carbocycles. The van der Waals surface area contributed by atoms with Crippen molar-refractivity contribution in [1.29, 1.82) is 0 Å². The summed E-state index contributed by atoms with van der Waals surface area (Å²) in [5.41, 5.74) is 1.82. The molecule has 0 unspecified atom stereocenters. The van der Waals surface area contributed by atoms with E-state index in [4.69, 9.17) is 9.15 Å². The third-order valence-corrected chi connectivity index (χ3v) is 3.96. The smallest absolute Gasteiger partial charge is 0.229 e. The summed E-state index contributed by atoms with van der Waals surface area (Å²) in [4.78, 5) is 25.3. The molecule has 0 spiro atoms. The molecule has 0 saturated heterocycles. The van der Waals surface area contributed by atoms with Gasteiger partial charge in [0.2, 0.25) is 5.78 Å². The molecular formula is C19H12O4. The number of hydrogen-bond acceptors (Lipinski definition) is 4. The van der Waals surface area contributed by atoms with E-state index in [2.05, 4.69) is 0 Å². The lowest BCUT2D eigenvalue weighted by atomic mass is 9.88. The minimum atomic E-state index is -0.278. The van der Waals surface area contributed by atoms with Gasteiger partial charge in [-0.3, -0.25) is 9.59 Å². The van der Waals surface area contributed by atoms with Gasteiger partial charge in [-0.2, -0.15) is 0 Å². The Kier molecular flexibility index (Phi) is 2.91. The Balaban J connectivity index is 1.88. The molecule has 1 aromatic heterocycles. The number of ketones is 2. The molecule has 0 saturated carbocycles. The lowest BCUT2D eigenvalue weighted by molar-refractivity contribution is 0.0960. The molecule has 0 amide bonds. The molecule has 0 radical (unpaired) electrons. The van der Waals surface area contributed by atoms with Gasteiger partial charge in [0, 0.05) is 16.7 Å². The van der Waals surface area contributed by atoms with Crippen LogP contribution in [0, 0.1) is 0 Å². The van der Waals surface area contributed by atoms with E-state index in [0.29, 0.717) is 28.2 Å². The van der Waals surface area contributed by atoms with E-state index in [-0.39, 0.29) is 17.3 Å². The molecule has 0 aliphatic heterocycles. The van der Waals surface area contributed by atoms with Gasteiger partial charge in [-0.25, -0.2) is 0 Å². The summed E-state index contributed by atoms with van der Waals surface area (Å²) < 4.78 is 10.8. The molecule has 4 nitrogen and oxygen atoms in total. The molecule has 0 bridgehead atoms. The minimum Gasteiger partial charge on any atom is -0.497 e. The Morgan fingerprint density at radius 3 is 2.35 bits per heavy atom. The van der Waals surface area contributed by atoms with Crippen molar-refractivity contribution in [3.8, 4) is 17.1 Å². The predicted molar refractivity (Wildman–Crippen MR) is 84.0 cm³/mol. The van der Waals surface area contributed by atoms with E-state index < -0.39 is 0 Å². The monoisotopic (exact) mass is 304 g/mol. The second kappa shape index (κ2) is 4.95. The van der Waals surface area contributed by atoms with E-state index in [1.54, 1.807) is 24.3 Å². The van der Waals surface area contributed by atoms with Crippen molar-refractivity contribution in [2.75, 3.05) is 7.11 Å². The first-order chi connectivity index (χ1) is 11.2. The fraction of sp³-hybridized carbons (Fsp3) is 0.0526. The van der Waals surface area contributed by atoms with Crippen LogP contribution < -0.4 is 4.74 Å². The summed E-state index contributed by atoms with van der Waals surface area (Å²) in [7, 11) is 1.52. The largest absolute Gasteiger partial charge is 0.497 e. The number of methoxy groups -OCH3 is 1. The zero-order valence-electron chi connectivity index (χ0n) is 12.3. The fourth-order valence-corrected chi connectivity index (χ4v) is 2.78. The molecular weight excluding hydrogens is 292 g/mol. The van der Waals surface area contributed by atoms with E-state index in [9.17, 15) is 9.59 Å². The van der Waals surface area contributed by atoms with Crippen LogP contribution in [0.1, 0.15) is 32.0 Å². The van der Waals surface area contributed by atoms with Crippen molar-refractivity contribution < 1.29 is 18.7 Å². The van der Waals surface area contributed by atoms with Crippen LogP contribution in [0.4, 0.5) is 0 Å². The number of hydrogen-bond donors (Lipinski definition) is 0. The van der Waals surface area contributed by atoms with Gasteiger partial charge in [0.25, 0.3) is 0 Å². The topological polar surface area (TPSA) is 56.5 Å². The van der Waals surface area contributed by atoms with Crippen molar-refractivity contribution in [3.63, 3.8) is 0 Å². The van der Waals surface area contributed by atoms with Gasteiger partial charge in [-0.05, 0) is 24.3 Å². The maximum absolute atomic E-state index is 12.7. The van der Waals surface area contributed by atoms with Gasteiger partial charge in [0.15, 0.2) is 11.5 Å². The van der Waals surface area contributed by atoms with Gasteiger partial charge < -0.3 is 9.15 Å². The molecule has 4 rings (SSSR count). The standard InChI is InChI=1S/C19H12O4/c1-22-12-7-8-13-14(9-12)17(20)15-10-16(23-19(15)18(13)21)11-5-3-2-4-6-11/h2-10H,1H3. The lowest BCUT2D eigenvalue weighted by Gasteiger charge is -2.13. The first-order valence-corrected chi connectivity index (χ1v) is 7.15. The Bertz CT molecular complexity index is 935. The predicted octanol–water partition coefficient (Wildman–Crippen LogP) is 3.73. The summed E-state index contributed by atoms with van der Waals surface area (Å²) >= 11 is 0. The van der Waals surface area contributed by atoms with E-state index in [1.165, 1.54) is 7.11 Å². The summed E-state index contributed by atoms with van der Waals surface area (Å²) in [6, 6.07) is 15.9. The number of fused-ring (bicyclic) bond motifs is 2. The zero-order chi connectivity index (χ0) is 16.0. The number of furan rings is 1. The average molecular weight is 304 g/mol. The molecule has 0 N–H and O–H groups in total. The number of ether oxygens (including phenoxy) is 1. The summed E-state index contributed by atoms with van der Waals surface area (Å²) in [5.74, 6) is 0.655. The third kappa shape index (κ3) is 1.99. The second-order valence-electron chi connectivity index (χ2n) is 5.29. The molecule has 0 atom stereocenters. The molecule has 1 aliphatic rings. The van der Waals surface area contributed by atoms with Gasteiger partial charge in [0.1, 0.15) is 11.5 Å². The van der Waals surface area contributed by atoms with Crippen LogP contribution in [0.2, 0.25) is 0 Å². The normalized spacial score (nSPS) is 12.7. The summed E-state index contributed by atoms with van der Waals surface area (Å²) in [6.07, 6.45) is 0. The second-order valence-corrected chi connectivity index (χ2v) is 5.29. The SMILES string of the molecule is COc1ccc2c(c1)C(=O)c1cc(-c3ccccc3)oc1C2=O. The molecule has 23 heavy (non-hydrogen) atoms. The molecule has 3 aromatic rings.